The van der Waals surface area contributed by atoms with Gasteiger partial charge in [0.1, 0.15) is 6.10 Å². The number of rotatable bonds is 3. The van der Waals surface area contributed by atoms with Crippen LogP contribution in [-0.2, 0) is 18.6 Å². The summed E-state index contributed by atoms with van der Waals surface area (Å²) in [7, 11) is -1.98. The molecule has 2 unspecified atom stereocenters. The van der Waals surface area contributed by atoms with E-state index in [9.17, 15) is 9.36 Å². The van der Waals surface area contributed by atoms with Crippen LogP contribution in [0.3, 0.4) is 0 Å². The monoisotopic (exact) mass is 261 g/mol. The van der Waals surface area contributed by atoms with E-state index in [-0.39, 0.29) is 17.9 Å². The van der Waals surface area contributed by atoms with Crippen molar-refractivity contribution >= 4 is 14.0 Å². The van der Waals surface area contributed by atoms with E-state index in [2.05, 4.69) is 0 Å². The number of ether oxygens (including phenoxy) is 1. The third-order valence-corrected chi connectivity index (χ3v) is 4.30. The lowest BCUT2D eigenvalue weighted by Crippen LogP contribution is -2.24. The molecule has 17 heavy (non-hydrogen) atoms. The van der Waals surface area contributed by atoms with Crippen molar-refractivity contribution in [2.75, 3.05) is 0 Å². The number of hydrogen-bond acceptors (Lipinski definition) is 4. The molecule has 0 spiro atoms. The summed E-state index contributed by atoms with van der Waals surface area (Å²) in [6, 6.07) is 0. The Hall–Kier alpha value is -0.470. The molecule has 0 radical (unpaired) electrons. The average Bonchev–Trinajstić information content (AvgIpc) is 2.58. The van der Waals surface area contributed by atoms with Gasteiger partial charge >= 0.3 is 14.0 Å². The number of carbonyl (C=O) groups excluding carboxylic acids is 1. The van der Waals surface area contributed by atoms with Crippen molar-refractivity contribution in [3.05, 3.63) is 0 Å². The molecule has 0 aliphatic carbocycles. The zero-order valence-electron chi connectivity index (χ0n) is 11.2. The Morgan fingerprint density at radius 1 is 1.47 bits per heavy atom. The first-order chi connectivity index (χ1) is 7.75. The predicted octanol–water partition coefficient (Wildman–Crippen LogP) is 3.27. The van der Waals surface area contributed by atoms with E-state index < -0.39 is 19.4 Å². The third-order valence-electron chi connectivity index (χ3n) is 2.87. The van der Waals surface area contributed by atoms with E-state index in [1.807, 2.05) is 13.8 Å². The fraction of sp³-hybridized carbons (Fsp3) is 0.917. The molecule has 4 nitrogen and oxygen atoms in total. The van der Waals surface area contributed by atoms with E-state index >= 15 is 0 Å². The molecule has 0 amide bonds. The van der Waals surface area contributed by atoms with E-state index in [4.69, 9.17) is 9.26 Å². The molecule has 1 saturated heterocycles. The summed E-state index contributed by atoms with van der Waals surface area (Å²) in [5, 5.41) is 0. The van der Waals surface area contributed by atoms with Gasteiger partial charge in [-0.2, -0.15) is 0 Å². The highest BCUT2D eigenvalue weighted by atomic mass is 31.1. The second-order valence-corrected chi connectivity index (χ2v) is 7.03. The van der Waals surface area contributed by atoms with Gasteiger partial charge in [0.05, 0.1) is 11.5 Å². The van der Waals surface area contributed by atoms with Crippen LogP contribution in [0.4, 0.5) is 0 Å². The molecule has 5 heteroatoms. The van der Waals surface area contributed by atoms with Crippen molar-refractivity contribution < 1.29 is 18.6 Å². The smallest absolute Gasteiger partial charge is 0.370 e. The van der Waals surface area contributed by atoms with Gasteiger partial charge in [-0.25, -0.2) is 9.32 Å². The Kier molecular flexibility index (Phi) is 4.68. The second-order valence-electron chi connectivity index (χ2n) is 5.61. The summed E-state index contributed by atoms with van der Waals surface area (Å²) >= 11 is 0. The third kappa shape index (κ3) is 3.75. The van der Waals surface area contributed by atoms with Gasteiger partial charge < -0.3 is 4.74 Å². The van der Waals surface area contributed by atoms with E-state index in [0.29, 0.717) is 6.42 Å². The van der Waals surface area contributed by atoms with Gasteiger partial charge in [0.2, 0.25) is 5.66 Å². The Bertz CT molecular complexity index is 308. The first-order valence-electron chi connectivity index (χ1n) is 6.10. The Morgan fingerprint density at radius 2 is 2.06 bits per heavy atom. The van der Waals surface area contributed by atoms with Crippen molar-refractivity contribution in [3.8, 4) is 0 Å². The van der Waals surface area contributed by atoms with Crippen LogP contribution in [-0.4, -0.2) is 23.8 Å². The minimum absolute atomic E-state index is 0.0543. The molecule has 0 aromatic rings. The van der Waals surface area contributed by atoms with Crippen LogP contribution < -0.4 is 0 Å². The predicted molar refractivity (Wildman–Crippen MR) is 66.2 cm³/mol. The van der Waals surface area contributed by atoms with Crippen LogP contribution in [0.1, 0.15) is 47.5 Å². The average molecular weight is 261 g/mol. The summed E-state index contributed by atoms with van der Waals surface area (Å²) in [4.78, 5) is 11.7. The lowest BCUT2D eigenvalue weighted by atomic mass is 9.98. The molecule has 0 aromatic carbocycles. The molecular weight excluding hydrogens is 239 g/mol. The normalized spacial score (nSPS) is 30.2. The minimum Gasteiger partial charge on any atom is -0.370 e. The lowest BCUT2D eigenvalue weighted by molar-refractivity contribution is -0.142. The second kappa shape index (κ2) is 5.45. The number of hydrogen-bond donors (Lipinski definition) is 0. The summed E-state index contributed by atoms with van der Waals surface area (Å²) in [5.74, 6) is -0.409. The van der Waals surface area contributed by atoms with Crippen molar-refractivity contribution in [1.82, 2.24) is 0 Å². The lowest BCUT2D eigenvalue weighted by Gasteiger charge is -2.12. The van der Waals surface area contributed by atoms with E-state index in [1.54, 1.807) is 20.8 Å². The van der Waals surface area contributed by atoms with Crippen LogP contribution in [0.25, 0.3) is 0 Å². The maximum Gasteiger partial charge on any atom is 0.565 e. The molecule has 0 saturated carbocycles. The Balaban J connectivity index is 2.62. The zero-order valence-corrected chi connectivity index (χ0v) is 12.1. The quantitative estimate of drug-likeness (QED) is 0.731. The molecule has 1 rings (SSSR count). The summed E-state index contributed by atoms with van der Waals surface area (Å²) in [6.07, 6.45) is 1.53. The van der Waals surface area contributed by atoms with Crippen LogP contribution in [0, 0.1) is 5.41 Å². The first-order valence-corrected chi connectivity index (χ1v) is 7.34. The zero-order chi connectivity index (χ0) is 13.2. The maximum absolute atomic E-state index is 12.0. The van der Waals surface area contributed by atoms with Gasteiger partial charge in [-0.1, -0.05) is 6.92 Å². The summed E-state index contributed by atoms with van der Waals surface area (Å²) in [5.41, 5.74) is -0.770. The van der Waals surface area contributed by atoms with E-state index in [1.165, 1.54) is 0 Å². The van der Waals surface area contributed by atoms with Crippen molar-refractivity contribution in [2.45, 2.75) is 65.3 Å². The van der Waals surface area contributed by atoms with Crippen molar-refractivity contribution in [1.29, 1.82) is 0 Å². The molecule has 1 fully saturated rings. The molecule has 0 aromatic heterocycles. The van der Waals surface area contributed by atoms with Crippen LogP contribution in [0.2, 0.25) is 0 Å². The largest absolute Gasteiger partial charge is 0.565 e. The molecule has 98 valence electrons. The van der Waals surface area contributed by atoms with Gasteiger partial charge in [0, 0.05) is 6.42 Å². The summed E-state index contributed by atoms with van der Waals surface area (Å²) < 4.78 is 22.7. The molecule has 0 bridgehead atoms. The van der Waals surface area contributed by atoms with Gasteiger partial charge in [-0.05, 0) is 38.7 Å². The van der Waals surface area contributed by atoms with E-state index in [0.717, 1.165) is 6.42 Å². The number of carbonyl (C=O) groups is 1. The molecule has 1 aliphatic rings. The minimum atomic E-state index is -1.98. The summed E-state index contributed by atoms with van der Waals surface area (Å²) in [6.45, 7) is 9.21. The van der Waals surface area contributed by atoms with Gasteiger partial charge in [-0.3, -0.25) is 0 Å². The molecule has 4 atom stereocenters. The molecule has 1 aliphatic heterocycles. The van der Waals surface area contributed by atoms with Gasteiger partial charge in [-0.15, -0.1) is 0 Å². The highest BCUT2D eigenvalue weighted by Gasteiger charge is 2.49. The van der Waals surface area contributed by atoms with Crippen LogP contribution >= 0.6 is 8.03 Å². The van der Waals surface area contributed by atoms with Gasteiger partial charge in [0.15, 0.2) is 0 Å². The highest BCUT2D eigenvalue weighted by Crippen LogP contribution is 2.43. The standard InChI is InChI=1S/C12H22O4P/c1-6-9-10(7-8(2)15-9)17(14)16-11(13)12(3,4)5/h8-10H,6-7H2,1-5H3/q+1/t8-,9+,10?/m0/s1. The van der Waals surface area contributed by atoms with Gasteiger partial charge in [0.25, 0.3) is 0 Å². The van der Waals surface area contributed by atoms with Crippen molar-refractivity contribution in [3.63, 3.8) is 0 Å². The topological polar surface area (TPSA) is 52.6 Å². The highest BCUT2D eigenvalue weighted by molar-refractivity contribution is 7.40. The fourth-order valence-corrected chi connectivity index (χ4v) is 3.41. The molecule has 0 N–H and O–H groups in total. The Labute approximate surface area is 104 Å². The Morgan fingerprint density at radius 3 is 2.53 bits per heavy atom. The molecular formula is C12H22O4P+. The van der Waals surface area contributed by atoms with Crippen molar-refractivity contribution in [2.24, 2.45) is 5.41 Å². The first kappa shape index (κ1) is 14.6. The SMILES string of the molecule is CC[C@H]1O[C@@H](C)CC1[P+](=O)OC(=O)C(C)(C)C. The fourth-order valence-electron chi connectivity index (χ4n) is 1.81. The molecule has 1 heterocycles. The van der Waals surface area contributed by atoms with Crippen LogP contribution in [0.15, 0.2) is 0 Å². The maximum atomic E-state index is 12.0. The van der Waals surface area contributed by atoms with Crippen LogP contribution in [0.5, 0.6) is 0 Å².